The van der Waals surface area contributed by atoms with Gasteiger partial charge >= 0.3 is 0 Å². The van der Waals surface area contributed by atoms with E-state index in [-0.39, 0.29) is 0 Å². The fraction of sp³-hybridized carbons (Fsp3) is 0.583. The Morgan fingerprint density at radius 3 is 2.81 bits per heavy atom. The lowest BCUT2D eigenvalue weighted by Gasteiger charge is -2.47. The molecule has 1 aromatic heterocycles. The molecule has 0 spiro atoms. The quantitative estimate of drug-likeness (QED) is 0.927. The van der Waals surface area contributed by atoms with E-state index >= 15 is 0 Å². The summed E-state index contributed by atoms with van der Waals surface area (Å²) in [5.41, 5.74) is 0.656. The molecule has 0 saturated carbocycles. The lowest BCUT2D eigenvalue weighted by Crippen LogP contribution is -2.62. The van der Waals surface area contributed by atoms with Crippen molar-refractivity contribution < 1.29 is 5.11 Å². The van der Waals surface area contributed by atoms with Gasteiger partial charge in [-0.2, -0.15) is 0 Å². The first-order valence-electron chi connectivity index (χ1n) is 5.63. The first-order chi connectivity index (χ1) is 7.54. The van der Waals surface area contributed by atoms with Crippen LogP contribution in [-0.2, 0) is 0 Å². The highest BCUT2D eigenvalue weighted by atomic mass is 79.9. The van der Waals surface area contributed by atoms with Crippen molar-refractivity contribution in [1.82, 2.24) is 4.98 Å². The maximum atomic E-state index is 10.1. The number of rotatable bonds is 3. The second kappa shape index (κ2) is 4.34. The molecule has 0 atom stereocenters. The fourth-order valence-electron chi connectivity index (χ4n) is 2.30. The molecule has 1 aliphatic heterocycles. The smallest absolute Gasteiger partial charge is 0.131 e. The number of aromatic nitrogens is 1. The van der Waals surface area contributed by atoms with Crippen LogP contribution in [0, 0.1) is 6.92 Å². The van der Waals surface area contributed by atoms with E-state index in [4.69, 9.17) is 0 Å². The van der Waals surface area contributed by atoms with E-state index in [2.05, 4.69) is 38.8 Å². The predicted octanol–water partition coefficient (Wildman–Crippen LogP) is 2.50. The molecule has 0 aliphatic carbocycles. The molecule has 0 radical (unpaired) electrons. The zero-order valence-corrected chi connectivity index (χ0v) is 11.3. The van der Waals surface area contributed by atoms with Crippen LogP contribution in [-0.4, -0.2) is 28.8 Å². The Morgan fingerprint density at radius 1 is 1.56 bits per heavy atom. The van der Waals surface area contributed by atoms with Crippen LogP contribution < -0.4 is 4.90 Å². The van der Waals surface area contributed by atoms with E-state index in [1.165, 1.54) is 0 Å². The van der Waals surface area contributed by atoms with E-state index in [0.717, 1.165) is 28.7 Å². The molecule has 0 aromatic carbocycles. The van der Waals surface area contributed by atoms with Crippen LogP contribution in [0.1, 0.15) is 25.3 Å². The molecule has 88 valence electrons. The zero-order valence-electron chi connectivity index (χ0n) is 9.70. The molecule has 4 heteroatoms. The average molecular weight is 285 g/mol. The monoisotopic (exact) mass is 284 g/mol. The minimum atomic E-state index is -0.490. The number of nitrogens with zero attached hydrogens (tertiary/aromatic N) is 2. The summed E-state index contributed by atoms with van der Waals surface area (Å²) in [6.07, 6.45) is 3.70. The molecular formula is C12H17BrN2O. The standard InChI is InChI=1S/C12H17BrN2O/c1-3-4-12(16)7-15(8-12)11-9(2)5-10(13)6-14-11/h5-6,16H,3-4,7-8H2,1-2H3. The molecule has 1 N–H and O–H groups in total. The predicted molar refractivity (Wildman–Crippen MR) is 68.7 cm³/mol. The topological polar surface area (TPSA) is 36.4 Å². The Kier molecular flexibility index (Phi) is 3.22. The van der Waals surface area contributed by atoms with Crippen molar-refractivity contribution in [2.75, 3.05) is 18.0 Å². The Balaban J connectivity index is 2.06. The van der Waals surface area contributed by atoms with Crippen LogP contribution in [0.25, 0.3) is 0 Å². The van der Waals surface area contributed by atoms with Gasteiger partial charge in [0.1, 0.15) is 5.82 Å². The largest absolute Gasteiger partial charge is 0.386 e. The molecule has 16 heavy (non-hydrogen) atoms. The summed E-state index contributed by atoms with van der Waals surface area (Å²) >= 11 is 3.40. The van der Waals surface area contributed by atoms with Crippen molar-refractivity contribution >= 4 is 21.7 Å². The van der Waals surface area contributed by atoms with Gasteiger partial charge in [0.25, 0.3) is 0 Å². The van der Waals surface area contributed by atoms with Crippen LogP contribution in [0.3, 0.4) is 0 Å². The van der Waals surface area contributed by atoms with Crippen LogP contribution in [0.4, 0.5) is 5.82 Å². The summed E-state index contributed by atoms with van der Waals surface area (Å²) in [6.45, 7) is 5.56. The highest BCUT2D eigenvalue weighted by molar-refractivity contribution is 9.10. The summed E-state index contributed by atoms with van der Waals surface area (Å²) in [5, 5.41) is 10.1. The number of hydrogen-bond donors (Lipinski definition) is 1. The fourth-order valence-corrected chi connectivity index (χ4v) is 2.75. The lowest BCUT2D eigenvalue weighted by atomic mass is 9.89. The van der Waals surface area contributed by atoms with E-state index in [1.807, 2.05) is 6.92 Å². The van der Waals surface area contributed by atoms with E-state index in [0.29, 0.717) is 13.1 Å². The summed E-state index contributed by atoms with van der Waals surface area (Å²) in [5.74, 6) is 0.990. The number of β-amino-alcohol motifs (C(OH)–C–C–N with tert-alkyl or cyclic N) is 1. The van der Waals surface area contributed by atoms with Crippen LogP contribution >= 0.6 is 15.9 Å². The zero-order chi connectivity index (χ0) is 11.8. The number of halogens is 1. The average Bonchev–Trinajstić information content (AvgIpc) is 2.14. The van der Waals surface area contributed by atoms with Gasteiger partial charge in [0.2, 0.25) is 0 Å². The van der Waals surface area contributed by atoms with E-state index in [1.54, 1.807) is 6.20 Å². The number of aryl methyl sites for hydroxylation is 1. The van der Waals surface area contributed by atoms with Gasteiger partial charge in [-0.25, -0.2) is 4.98 Å². The normalized spacial score (nSPS) is 18.4. The highest BCUT2D eigenvalue weighted by Gasteiger charge is 2.41. The summed E-state index contributed by atoms with van der Waals surface area (Å²) in [4.78, 5) is 6.53. The third kappa shape index (κ3) is 2.23. The Morgan fingerprint density at radius 2 is 2.25 bits per heavy atom. The van der Waals surface area contributed by atoms with Crippen molar-refractivity contribution in [3.8, 4) is 0 Å². The first kappa shape index (κ1) is 11.9. The van der Waals surface area contributed by atoms with E-state index in [9.17, 15) is 5.11 Å². The van der Waals surface area contributed by atoms with Crippen molar-refractivity contribution in [1.29, 1.82) is 0 Å². The van der Waals surface area contributed by atoms with E-state index < -0.39 is 5.60 Å². The molecule has 2 heterocycles. The Bertz CT molecular complexity index is 389. The third-order valence-corrected chi connectivity index (χ3v) is 3.44. The van der Waals surface area contributed by atoms with Crippen molar-refractivity contribution in [2.45, 2.75) is 32.3 Å². The van der Waals surface area contributed by atoms with Gasteiger partial charge in [0.05, 0.1) is 5.60 Å². The van der Waals surface area contributed by atoms with Gasteiger partial charge in [0, 0.05) is 23.8 Å². The summed E-state index contributed by atoms with van der Waals surface area (Å²) < 4.78 is 0.998. The highest BCUT2D eigenvalue weighted by Crippen LogP contribution is 2.32. The summed E-state index contributed by atoms with van der Waals surface area (Å²) in [7, 11) is 0. The van der Waals surface area contributed by atoms with Gasteiger partial charge < -0.3 is 10.0 Å². The minimum absolute atomic E-state index is 0.490. The molecular weight excluding hydrogens is 268 g/mol. The van der Waals surface area contributed by atoms with Crippen LogP contribution in [0.5, 0.6) is 0 Å². The number of aliphatic hydroxyl groups is 1. The van der Waals surface area contributed by atoms with Crippen molar-refractivity contribution in [2.24, 2.45) is 0 Å². The summed E-state index contributed by atoms with van der Waals surface area (Å²) in [6, 6.07) is 2.06. The molecule has 2 rings (SSSR count). The lowest BCUT2D eigenvalue weighted by molar-refractivity contribution is 0.00288. The van der Waals surface area contributed by atoms with Gasteiger partial charge in [-0.3, -0.25) is 0 Å². The Labute approximate surface area is 105 Å². The van der Waals surface area contributed by atoms with Gasteiger partial charge in [-0.05, 0) is 40.9 Å². The van der Waals surface area contributed by atoms with Crippen LogP contribution in [0.2, 0.25) is 0 Å². The van der Waals surface area contributed by atoms with Gasteiger partial charge in [-0.1, -0.05) is 13.3 Å². The van der Waals surface area contributed by atoms with Crippen molar-refractivity contribution in [3.05, 3.63) is 22.3 Å². The molecule has 1 aromatic rings. The molecule has 0 unspecified atom stereocenters. The van der Waals surface area contributed by atoms with Crippen molar-refractivity contribution in [3.63, 3.8) is 0 Å². The second-order valence-electron chi connectivity index (χ2n) is 4.62. The van der Waals surface area contributed by atoms with Crippen LogP contribution in [0.15, 0.2) is 16.7 Å². The molecule has 0 bridgehead atoms. The maximum absolute atomic E-state index is 10.1. The Hall–Kier alpha value is -0.610. The maximum Gasteiger partial charge on any atom is 0.131 e. The number of anilines is 1. The molecule has 1 saturated heterocycles. The molecule has 1 aliphatic rings. The molecule has 0 amide bonds. The SMILES string of the molecule is CCCC1(O)CN(c2ncc(Br)cc2C)C1. The minimum Gasteiger partial charge on any atom is -0.386 e. The molecule has 3 nitrogen and oxygen atoms in total. The number of hydrogen-bond acceptors (Lipinski definition) is 3. The van der Waals surface area contributed by atoms with Gasteiger partial charge in [-0.15, -0.1) is 0 Å². The second-order valence-corrected chi connectivity index (χ2v) is 5.54. The third-order valence-electron chi connectivity index (χ3n) is 3.00. The van der Waals surface area contributed by atoms with Gasteiger partial charge in [0.15, 0.2) is 0 Å². The first-order valence-corrected chi connectivity index (χ1v) is 6.43. The molecule has 1 fully saturated rings. The number of pyridine rings is 1.